The van der Waals surface area contributed by atoms with Gasteiger partial charge in [-0.2, -0.15) is 13.2 Å². The molecule has 2 aromatic carbocycles. The Morgan fingerprint density at radius 3 is 2.19 bits per heavy atom. The summed E-state index contributed by atoms with van der Waals surface area (Å²) in [5.74, 6) is -2.80. The van der Waals surface area contributed by atoms with Gasteiger partial charge in [-0.3, -0.25) is 19.8 Å². The summed E-state index contributed by atoms with van der Waals surface area (Å²) in [5.41, 5.74) is -2.76. The number of amides is 4. The molecule has 0 spiro atoms. The van der Waals surface area contributed by atoms with E-state index in [0.717, 1.165) is 5.56 Å². The fraction of sp³-hybridized carbons (Fsp3) is 0.318. The van der Waals surface area contributed by atoms with E-state index in [2.05, 4.69) is 0 Å². The smallest absolute Gasteiger partial charge is 0.314 e. The van der Waals surface area contributed by atoms with Gasteiger partial charge in [0, 0.05) is 10.6 Å². The molecule has 0 radical (unpaired) electrons. The highest BCUT2D eigenvalue weighted by Crippen LogP contribution is 2.35. The quantitative estimate of drug-likeness (QED) is 0.655. The van der Waals surface area contributed by atoms with Gasteiger partial charge in [0.15, 0.2) is 0 Å². The fourth-order valence-electron chi connectivity index (χ4n) is 3.23. The molecule has 2 N–H and O–H groups in total. The van der Waals surface area contributed by atoms with Crippen molar-refractivity contribution >= 4 is 29.4 Å². The molecule has 0 aromatic heterocycles. The largest absolute Gasteiger partial charge is 0.440 e. The van der Waals surface area contributed by atoms with Crippen LogP contribution in [0.2, 0.25) is 5.02 Å². The van der Waals surface area contributed by atoms with E-state index in [1.165, 1.54) is 24.3 Å². The van der Waals surface area contributed by atoms with Gasteiger partial charge in [-0.1, -0.05) is 62.7 Å². The number of rotatable bonds is 4. The molecular formula is C22H21ClF3N3O3. The number of carbonyl (C=O) groups is 3. The van der Waals surface area contributed by atoms with Crippen LogP contribution in [0.5, 0.6) is 0 Å². The van der Waals surface area contributed by atoms with Crippen LogP contribution in [-0.2, 0) is 16.8 Å². The first-order chi connectivity index (χ1) is 14.8. The average molecular weight is 468 g/mol. The molecule has 0 unspecified atom stereocenters. The Kier molecular flexibility index (Phi) is 5.99. The van der Waals surface area contributed by atoms with Crippen molar-refractivity contribution in [2.75, 3.05) is 0 Å². The van der Waals surface area contributed by atoms with Crippen molar-refractivity contribution in [2.45, 2.75) is 44.6 Å². The minimum absolute atomic E-state index is 0.0896. The molecule has 32 heavy (non-hydrogen) atoms. The van der Waals surface area contributed by atoms with Crippen LogP contribution >= 0.6 is 11.6 Å². The van der Waals surface area contributed by atoms with Crippen molar-refractivity contribution in [3.05, 3.63) is 70.2 Å². The molecule has 2 aromatic rings. The zero-order chi connectivity index (χ0) is 23.9. The number of nitrogens with one attached hydrogen (secondary N) is 2. The summed E-state index contributed by atoms with van der Waals surface area (Å²) in [6.45, 7) is 5.35. The summed E-state index contributed by atoms with van der Waals surface area (Å²) in [4.78, 5) is 38.2. The molecule has 10 heteroatoms. The van der Waals surface area contributed by atoms with Crippen molar-refractivity contribution < 1.29 is 27.6 Å². The molecule has 1 aliphatic heterocycles. The lowest BCUT2D eigenvalue weighted by Gasteiger charge is -2.30. The second-order valence-corrected chi connectivity index (χ2v) is 8.85. The van der Waals surface area contributed by atoms with Crippen molar-refractivity contribution in [2.24, 2.45) is 0 Å². The molecule has 0 aliphatic carbocycles. The monoisotopic (exact) mass is 467 g/mol. The SMILES string of the molecule is CC(C)(C)c1ccc(C(=O)N[C@@]2(C(F)(F)F)NC(=O)N(Cc3ccccc3Cl)C2=O)cc1. The topological polar surface area (TPSA) is 78.5 Å². The highest BCUT2D eigenvalue weighted by molar-refractivity contribution is 6.31. The minimum atomic E-state index is -5.30. The number of halogens is 4. The number of imide groups is 1. The van der Waals surface area contributed by atoms with Gasteiger partial charge in [0.25, 0.3) is 17.5 Å². The van der Waals surface area contributed by atoms with Gasteiger partial charge in [0.2, 0.25) is 0 Å². The van der Waals surface area contributed by atoms with E-state index in [9.17, 15) is 27.6 Å². The standard InChI is InChI=1S/C22H21ClF3N3O3/c1-20(2,3)15-10-8-13(9-11-15)17(30)27-21(22(24,25)26)18(31)29(19(32)28-21)12-14-6-4-5-7-16(14)23/h4-11H,12H2,1-3H3,(H,27,30)(H,28,32)/t21-/m1/s1. The second-order valence-electron chi connectivity index (χ2n) is 8.44. The first-order valence-electron chi connectivity index (χ1n) is 9.63. The summed E-state index contributed by atoms with van der Waals surface area (Å²) in [7, 11) is 0. The van der Waals surface area contributed by atoms with Gasteiger partial charge in [-0.15, -0.1) is 0 Å². The lowest BCUT2D eigenvalue weighted by Crippen LogP contribution is -2.69. The third kappa shape index (κ3) is 4.29. The van der Waals surface area contributed by atoms with Crippen LogP contribution in [-0.4, -0.2) is 34.6 Å². The summed E-state index contributed by atoms with van der Waals surface area (Å²) in [6.07, 6.45) is -5.30. The predicted octanol–water partition coefficient (Wildman–Crippen LogP) is 4.38. The number of hydrogen-bond donors (Lipinski definition) is 2. The van der Waals surface area contributed by atoms with Gasteiger partial charge in [-0.05, 0) is 34.7 Å². The fourth-order valence-corrected chi connectivity index (χ4v) is 3.42. The number of urea groups is 1. The van der Waals surface area contributed by atoms with E-state index >= 15 is 0 Å². The normalized spacial score (nSPS) is 19.2. The molecule has 1 heterocycles. The van der Waals surface area contributed by atoms with Crippen molar-refractivity contribution in [1.29, 1.82) is 0 Å². The van der Waals surface area contributed by atoms with Crippen LogP contribution in [0.15, 0.2) is 48.5 Å². The number of nitrogens with zero attached hydrogens (tertiary/aromatic N) is 1. The highest BCUT2D eigenvalue weighted by Gasteiger charge is 2.68. The van der Waals surface area contributed by atoms with Gasteiger partial charge in [-0.25, -0.2) is 4.79 Å². The van der Waals surface area contributed by atoms with Crippen LogP contribution < -0.4 is 10.6 Å². The van der Waals surface area contributed by atoms with Crippen LogP contribution in [0.4, 0.5) is 18.0 Å². The van der Waals surface area contributed by atoms with Crippen molar-refractivity contribution in [3.63, 3.8) is 0 Å². The highest BCUT2D eigenvalue weighted by atomic mass is 35.5. The lowest BCUT2D eigenvalue weighted by atomic mass is 9.86. The Labute approximate surface area is 187 Å². The number of alkyl halides is 3. The van der Waals surface area contributed by atoms with Gasteiger partial charge < -0.3 is 5.32 Å². The van der Waals surface area contributed by atoms with E-state index < -0.39 is 36.2 Å². The Balaban J connectivity index is 1.90. The third-order valence-corrected chi connectivity index (χ3v) is 5.50. The van der Waals surface area contributed by atoms with Gasteiger partial charge >= 0.3 is 12.2 Å². The number of hydrogen-bond acceptors (Lipinski definition) is 3. The number of benzene rings is 2. The summed E-state index contributed by atoms with van der Waals surface area (Å²) in [6, 6.07) is 10.8. The van der Waals surface area contributed by atoms with Crippen LogP contribution in [0.25, 0.3) is 0 Å². The maximum Gasteiger partial charge on any atom is 0.440 e. The van der Waals surface area contributed by atoms with E-state index in [-0.39, 0.29) is 21.6 Å². The van der Waals surface area contributed by atoms with Crippen LogP contribution in [0.1, 0.15) is 42.3 Å². The zero-order valence-corrected chi connectivity index (χ0v) is 18.3. The zero-order valence-electron chi connectivity index (χ0n) is 17.5. The van der Waals surface area contributed by atoms with Gasteiger partial charge in [0.1, 0.15) is 0 Å². The molecule has 1 fully saturated rings. The Hall–Kier alpha value is -3.07. The Morgan fingerprint density at radius 1 is 1.06 bits per heavy atom. The molecule has 1 atom stereocenters. The molecule has 3 rings (SSSR count). The van der Waals surface area contributed by atoms with E-state index in [4.69, 9.17) is 11.6 Å². The summed E-state index contributed by atoms with van der Waals surface area (Å²) < 4.78 is 42.1. The first-order valence-corrected chi connectivity index (χ1v) is 10.0. The minimum Gasteiger partial charge on any atom is -0.314 e. The van der Waals surface area contributed by atoms with E-state index in [0.29, 0.717) is 4.90 Å². The molecule has 0 bridgehead atoms. The summed E-state index contributed by atoms with van der Waals surface area (Å²) >= 11 is 6.01. The Bertz CT molecular complexity index is 1060. The average Bonchev–Trinajstić information content (AvgIpc) is 2.94. The maximum atomic E-state index is 14.0. The lowest BCUT2D eigenvalue weighted by molar-refractivity contribution is -0.200. The molecule has 1 saturated heterocycles. The Morgan fingerprint density at radius 2 is 1.66 bits per heavy atom. The van der Waals surface area contributed by atoms with Crippen LogP contribution in [0, 0.1) is 0 Å². The van der Waals surface area contributed by atoms with Gasteiger partial charge in [0.05, 0.1) is 6.54 Å². The number of carbonyl (C=O) groups excluding carboxylic acids is 3. The molecule has 6 nitrogen and oxygen atoms in total. The third-order valence-electron chi connectivity index (χ3n) is 5.13. The van der Waals surface area contributed by atoms with E-state index in [1.54, 1.807) is 34.9 Å². The second kappa shape index (κ2) is 8.12. The molecule has 1 aliphatic rings. The first kappa shape index (κ1) is 23.6. The summed E-state index contributed by atoms with van der Waals surface area (Å²) in [5, 5.41) is 3.50. The molecule has 4 amide bonds. The predicted molar refractivity (Wildman–Crippen MR) is 112 cm³/mol. The van der Waals surface area contributed by atoms with Crippen molar-refractivity contribution in [3.8, 4) is 0 Å². The van der Waals surface area contributed by atoms with Crippen LogP contribution in [0.3, 0.4) is 0 Å². The molecule has 170 valence electrons. The molecule has 0 saturated carbocycles. The molecular weight excluding hydrogens is 447 g/mol. The maximum absolute atomic E-state index is 14.0. The van der Waals surface area contributed by atoms with Crippen molar-refractivity contribution in [1.82, 2.24) is 15.5 Å². The van der Waals surface area contributed by atoms with E-state index in [1.807, 2.05) is 20.8 Å².